The molecule has 0 atom stereocenters. The maximum atomic E-state index is 9.79. The lowest BCUT2D eigenvalue weighted by molar-refractivity contribution is 0.193. The minimum absolute atomic E-state index is 0.151. The summed E-state index contributed by atoms with van der Waals surface area (Å²) in [4.78, 5) is 8.17. The number of rotatable bonds is 6. The first-order valence-corrected chi connectivity index (χ1v) is 6.90. The molecule has 0 aliphatic carbocycles. The van der Waals surface area contributed by atoms with Crippen LogP contribution in [0.1, 0.15) is 11.1 Å². The highest BCUT2D eigenvalue weighted by molar-refractivity contribution is 5.83. The molecule has 0 aromatic heterocycles. The second kappa shape index (κ2) is 7.95. The van der Waals surface area contributed by atoms with E-state index in [1.165, 1.54) is 12.4 Å². The zero-order valence-electron chi connectivity index (χ0n) is 12.0. The highest BCUT2D eigenvalue weighted by Gasteiger charge is 2.01. The minimum Gasteiger partial charge on any atom is -0.507 e. The zero-order valence-corrected chi connectivity index (χ0v) is 12.0. The highest BCUT2D eigenvalue weighted by Crippen LogP contribution is 2.13. The number of nitrogens with zero attached hydrogens (tertiary/aromatic N) is 2. The van der Waals surface area contributed by atoms with E-state index in [4.69, 9.17) is 0 Å². The number of aliphatic hydroxyl groups is 1. The minimum atomic E-state index is -0.718. The highest BCUT2D eigenvalue weighted by atomic mass is 16.3. The first-order valence-electron chi connectivity index (χ1n) is 6.90. The Balaban J connectivity index is 1.82. The number of hydrogen-bond donors (Lipinski definition) is 3. The van der Waals surface area contributed by atoms with Crippen LogP contribution in [0.4, 0.5) is 0 Å². The lowest BCUT2D eigenvalue weighted by Crippen LogP contribution is -2.15. The van der Waals surface area contributed by atoms with Gasteiger partial charge in [0.2, 0.25) is 0 Å². The van der Waals surface area contributed by atoms with Crippen molar-refractivity contribution in [1.29, 1.82) is 0 Å². The Hall–Kier alpha value is -2.66. The smallest absolute Gasteiger partial charge is 0.124 e. The number of aliphatic hydroxyl groups excluding tert-OH is 1. The third kappa shape index (κ3) is 4.71. The molecule has 0 unspecified atom stereocenters. The second-order valence-electron chi connectivity index (χ2n) is 4.76. The summed E-state index contributed by atoms with van der Waals surface area (Å²) in [5.74, 6) is 0.302. The topological polar surface area (TPSA) is 85.4 Å². The van der Waals surface area contributed by atoms with Crippen LogP contribution in [-0.2, 0) is 0 Å². The standard InChI is InChI=1S/C17H18N2O3/c20-15(11-18-9-13-5-1-3-7-16(13)21)12-19-10-14-6-2-4-8-17(14)22/h1-10,15,20-22H,11-12H2/b18-9+,19-10+. The van der Waals surface area contributed by atoms with Crippen LogP contribution >= 0.6 is 0 Å². The Kier molecular flexibility index (Phi) is 5.68. The molecule has 2 aromatic rings. The molecule has 0 aliphatic heterocycles. The summed E-state index contributed by atoms with van der Waals surface area (Å²) in [6.45, 7) is 0.374. The predicted octanol–water partition coefficient (Wildman–Crippen LogP) is 2.00. The van der Waals surface area contributed by atoms with Crippen molar-refractivity contribution in [1.82, 2.24) is 0 Å². The molecule has 2 rings (SSSR count). The summed E-state index contributed by atoms with van der Waals surface area (Å²) in [5.41, 5.74) is 1.21. The summed E-state index contributed by atoms with van der Waals surface area (Å²) >= 11 is 0. The van der Waals surface area contributed by atoms with Crippen LogP contribution in [0.25, 0.3) is 0 Å². The van der Waals surface area contributed by atoms with E-state index in [-0.39, 0.29) is 24.6 Å². The molecule has 3 N–H and O–H groups in total. The second-order valence-corrected chi connectivity index (χ2v) is 4.76. The molecule has 0 saturated carbocycles. The molecule has 0 spiro atoms. The van der Waals surface area contributed by atoms with Gasteiger partial charge in [-0.05, 0) is 24.3 Å². The summed E-state index contributed by atoms with van der Waals surface area (Å²) in [6, 6.07) is 13.7. The Bertz CT molecular complexity index is 611. The number of hydrogen-bond acceptors (Lipinski definition) is 5. The van der Waals surface area contributed by atoms with Crippen molar-refractivity contribution in [2.75, 3.05) is 13.1 Å². The lowest BCUT2D eigenvalue weighted by atomic mass is 10.2. The summed E-state index contributed by atoms with van der Waals surface area (Å²) < 4.78 is 0. The molecule has 0 heterocycles. The zero-order chi connectivity index (χ0) is 15.8. The number of aromatic hydroxyl groups is 2. The van der Waals surface area contributed by atoms with Crippen molar-refractivity contribution in [2.24, 2.45) is 9.98 Å². The fourth-order valence-corrected chi connectivity index (χ4v) is 1.80. The van der Waals surface area contributed by atoms with Gasteiger partial charge < -0.3 is 15.3 Å². The van der Waals surface area contributed by atoms with E-state index in [1.54, 1.807) is 48.5 Å². The lowest BCUT2D eigenvalue weighted by Gasteiger charge is -2.04. The summed E-state index contributed by atoms with van der Waals surface area (Å²) in [7, 11) is 0. The Morgan fingerprint density at radius 2 is 1.18 bits per heavy atom. The molecule has 0 bridgehead atoms. The molecule has 0 radical (unpaired) electrons. The molecule has 22 heavy (non-hydrogen) atoms. The average molecular weight is 298 g/mol. The Morgan fingerprint density at radius 1 is 0.773 bits per heavy atom. The first-order chi connectivity index (χ1) is 10.7. The van der Waals surface area contributed by atoms with Gasteiger partial charge >= 0.3 is 0 Å². The van der Waals surface area contributed by atoms with Gasteiger partial charge in [0.15, 0.2) is 0 Å². The summed E-state index contributed by atoms with van der Waals surface area (Å²) in [5, 5.41) is 28.9. The van der Waals surface area contributed by atoms with E-state index < -0.39 is 6.10 Å². The van der Waals surface area contributed by atoms with Crippen LogP contribution in [0.2, 0.25) is 0 Å². The monoisotopic (exact) mass is 298 g/mol. The molecule has 0 saturated heterocycles. The predicted molar refractivity (Wildman–Crippen MR) is 87.1 cm³/mol. The molecule has 5 nitrogen and oxygen atoms in total. The quantitative estimate of drug-likeness (QED) is 0.713. The van der Waals surface area contributed by atoms with E-state index in [2.05, 4.69) is 9.98 Å². The van der Waals surface area contributed by atoms with Gasteiger partial charge in [-0.15, -0.1) is 0 Å². The molecule has 0 aliphatic rings. The van der Waals surface area contributed by atoms with Gasteiger partial charge in [-0.3, -0.25) is 9.98 Å². The van der Waals surface area contributed by atoms with Gasteiger partial charge in [-0.1, -0.05) is 24.3 Å². The maximum Gasteiger partial charge on any atom is 0.124 e. The van der Waals surface area contributed by atoms with Crippen molar-refractivity contribution < 1.29 is 15.3 Å². The van der Waals surface area contributed by atoms with Gasteiger partial charge in [-0.25, -0.2) is 0 Å². The van der Waals surface area contributed by atoms with Gasteiger partial charge in [0.25, 0.3) is 0 Å². The first kappa shape index (κ1) is 15.7. The van der Waals surface area contributed by atoms with Crippen molar-refractivity contribution in [3.63, 3.8) is 0 Å². The number of phenols is 2. The van der Waals surface area contributed by atoms with E-state index >= 15 is 0 Å². The van der Waals surface area contributed by atoms with Gasteiger partial charge in [0, 0.05) is 23.6 Å². The Labute approximate surface area is 128 Å². The molecule has 2 aromatic carbocycles. The van der Waals surface area contributed by atoms with Crippen molar-refractivity contribution in [2.45, 2.75) is 6.10 Å². The van der Waals surface area contributed by atoms with Gasteiger partial charge in [0.1, 0.15) is 11.5 Å². The van der Waals surface area contributed by atoms with Gasteiger partial charge in [-0.2, -0.15) is 0 Å². The molecule has 114 valence electrons. The molecule has 0 fully saturated rings. The third-order valence-electron chi connectivity index (χ3n) is 2.97. The largest absolute Gasteiger partial charge is 0.507 e. The van der Waals surface area contributed by atoms with Crippen molar-refractivity contribution >= 4 is 12.4 Å². The number of benzene rings is 2. The molecule has 5 heteroatoms. The van der Waals surface area contributed by atoms with Gasteiger partial charge in [0.05, 0.1) is 19.2 Å². The van der Waals surface area contributed by atoms with Crippen LogP contribution < -0.4 is 0 Å². The van der Waals surface area contributed by atoms with Crippen LogP contribution in [0.5, 0.6) is 11.5 Å². The normalized spacial score (nSPS) is 11.7. The molecular weight excluding hydrogens is 280 g/mol. The fourth-order valence-electron chi connectivity index (χ4n) is 1.80. The van der Waals surface area contributed by atoms with E-state index in [9.17, 15) is 15.3 Å². The number of aliphatic imine (C=N–C) groups is 2. The van der Waals surface area contributed by atoms with Crippen LogP contribution in [0.15, 0.2) is 58.5 Å². The van der Waals surface area contributed by atoms with E-state index in [1.807, 2.05) is 0 Å². The maximum absolute atomic E-state index is 9.79. The van der Waals surface area contributed by atoms with Crippen LogP contribution in [0.3, 0.4) is 0 Å². The molecular formula is C17H18N2O3. The van der Waals surface area contributed by atoms with Crippen molar-refractivity contribution in [3.8, 4) is 11.5 Å². The Morgan fingerprint density at radius 3 is 1.59 bits per heavy atom. The fraction of sp³-hybridized carbons (Fsp3) is 0.176. The van der Waals surface area contributed by atoms with Crippen LogP contribution in [0, 0.1) is 0 Å². The average Bonchev–Trinajstić information content (AvgIpc) is 2.51. The molecule has 0 amide bonds. The SMILES string of the molecule is Oc1ccccc1/C=N/CC(O)C/N=C/c1ccccc1O. The van der Waals surface area contributed by atoms with E-state index in [0.717, 1.165) is 0 Å². The third-order valence-corrected chi connectivity index (χ3v) is 2.97. The van der Waals surface area contributed by atoms with Crippen LogP contribution in [-0.4, -0.2) is 46.9 Å². The number of phenolic OH excluding ortho intramolecular Hbond substituents is 2. The summed E-state index contributed by atoms with van der Waals surface area (Å²) in [6.07, 6.45) is 2.32. The van der Waals surface area contributed by atoms with Crippen molar-refractivity contribution in [3.05, 3.63) is 59.7 Å². The number of para-hydroxylation sites is 2. The van der Waals surface area contributed by atoms with E-state index in [0.29, 0.717) is 11.1 Å².